The Morgan fingerprint density at radius 1 is 1.09 bits per heavy atom. The van der Waals surface area contributed by atoms with Crippen LogP contribution in [-0.2, 0) is 4.74 Å². The molecule has 3 heterocycles. The summed E-state index contributed by atoms with van der Waals surface area (Å²) in [5.74, 6) is 1.83. The second-order valence-corrected chi connectivity index (χ2v) is 9.31. The highest BCUT2D eigenvalue weighted by Gasteiger charge is 2.33. The normalized spacial score (nSPS) is 18.4. The number of ketones is 1. The van der Waals surface area contributed by atoms with Crippen LogP contribution in [0.15, 0.2) is 67.1 Å². The molecular weight excluding hydrogens is 444 g/mol. The number of hydrogen-bond donors (Lipinski definition) is 3. The number of anilines is 1. The Labute approximate surface area is 203 Å². The largest absolute Gasteiger partial charge is 0.457 e. The van der Waals surface area contributed by atoms with E-state index >= 15 is 0 Å². The van der Waals surface area contributed by atoms with Crippen LogP contribution < -0.4 is 10.1 Å². The van der Waals surface area contributed by atoms with E-state index in [0.717, 1.165) is 18.6 Å². The molecule has 3 N–H and O–H groups in total. The quantitative estimate of drug-likeness (QED) is 0.334. The molecule has 35 heavy (non-hydrogen) atoms. The third-order valence-corrected chi connectivity index (χ3v) is 6.21. The molecule has 1 aliphatic rings. The number of benzene rings is 2. The van der Waals surface area contributed by atoms with Crippen LogP contribution in [0.1, 0.15) is 42.6 Å². The summed E-state index contributed by atoms with van der Waals surface area (Å²) in [5.41, 5.74) is 0.733. The number of aromatic amines is 1. The number of H-pyrrole nitrogens is 1. The Kier molecular flexibility index (Phi) is 6.23. The lowest BCUT2D eigenvalue weighted by atomic mass is 9.93. The smallest absolute Gasteiger partial charge is 0.195 e. The zero-order valence-corrected chi connectivity index (χ0v) is 19.7. The van der Waals surface area contributed by atoms with Crippen molar-refractivity contribution >= 4 is 22.6 Å². The number of hydrogen-bond acceptors (Lipinski definition) is 7. The molecule has 1 saturated heterocycles. The zero-order chi connectivity index (χ0) is 24.4. The van der Waals surface area contributed by atoms with E-state index in [1.54, 1.807) is 44.3 Å². The fourth-order valence-corrected chi connectivity index (χ4v) is 4.32. The first-order valence-electron chi connectivity index (χ1n) is 11.7. The van der Waals surface area contributed by atoms with Gasteiger partial charge in [-0.1, -0.05) is 18.2 Å². The van der Waals surface area contributed by atoms with Crippen LogP contribution >= 0.6 is 0 Å². The number of ether oxygens (including phenoxy) is 2. The molecule has 2 aromatic carbocycles. The Bertz CT molecular complexity index is 1300. The summed E-state index contributed by atoms with van der Waals surface area (Å²) in [5, 5.41) is 14.3. The van der Waals surface area contributed by atoms with Crippen molar-refractivity contribution in [2.75, 3.05) is 11.9 Å². The molecular formula is C27H28N4O4. The summed E-state index contributed by atoms with van der Waals surface area (Å²) >= 11 is 0. The monoisotopic (exact) mass is 472 g/mol. The van der Waals surface area contributed by atoms with E-state index < -0.39 is 5.60 Å². The van der Waals surface area contributed by atoms with Crippen molar-refractivity contribution in [3.8, 4) is 11.5 Å². The highest BCUT2D eigenvalue weighted by molar-refractivity contribution is 6.18. The number of fused-ring (bicyclic) bond motifs is 1. The van der Waals surface area contributed by atoms with E-state index in [1.165, 1.54) is 6.33 Å². The van der Waals surface area contributed by atoms with Crippen molar-refractivity contribution in [1.82, 2.24) is 15.0 Å². The topological polar surface area (TPSA) is 109 Å². The van der Waals surface area contributed by atoms with Crippen molar-refractivity contribution in [2.45, 2.75) is 44.4 Å². The molecule has 0 radical (unpaired) electrons. The van der Waals surface area contributed by atoms with Crippen molar-refractivity contribution in [2.24, 2.45) is 0 Å². The van der Waals surface area contributed by atoms with E-state index in [-0.39, 0.29) is 17.9 Å². The lowest BCUT2D eigenvalue weighted by molar-refractivity contribution is -0.110. The molecule has 0 amide bonds. The Balaban J connectivity index is 1.34. The van der Waals surface area contributed by atoms with Gasteiger partial charge in [0, 0.05) is 11.8 Å². The molecule has 8 nitrogen and oxygen atoms in total. The summed E-state index contributed by atoms with van der Waals surface area (Å²) in [7, 11) is 0. The maximum absolute atomic E-state index is 13.4. The molecule has 1 fully saturated rings. The van der Waals surface area contributed by atoms with E-state index in [9.17, 15) is 9.90 Å². The molecule has 1 aliphatic heterocycles. The molecule has 0 saturated carbocycles. The minimum atomic E-state index is -0.880. The number of carbonyl (C=O) groups excluding carboxylic acids is 1. The fourth-order valence-electron chi connectivity index (χ4n) is 4.32. The van der Waals surface area contributed by atoms with E-state index in [2.05, 4.69) is 20.3 Å². The number of carbonyl (C=O) groups is 1. The summed E-state index contributed by atoms with van der Waals surface area (Å²) in [6, 6.07) is 16.6. The molecule has 0 spiro atoms. The Morgan fingerprint density at radius 3 is 2.51 bits per heavy atom. The van der Waals surface area contributed by atoms with Gasteiger partial charge in [0.05, 0.1) is 35.3 Å². The van der Waals surface area contributed by atoms with Gasteiger partial charge in [0.15, 0.2) is 5.78 Å². The van der Waals surface area contributed by atoms with Crippen LogP contribution in [0.25, 0.3) is 11.0 Å². The van der Waals surface area contributed by atoms with Crippen LogP contribution in [-0.4, -0.2) is 50.2 Å². The van der Waals surface area contributed by atoms with E-state index in [1.807, 2.05) is 30.3 Å². The Morgan fingerprint density at radius 2 is 1.83 bits per heavy atom. The molecule has 2 aromatic heterocycles. The molecule has 180 valence electrons. The first kappa shape index (κ1) is 23.0. The van der Waals surface area contributed by atoms with Gasteiger partial charge >= 0.3 is 0 Å². The lowest BCUT2D eigenvalue weighted by Crippen LogP contribution is -2.45. The maximum Gasteiger partial charge on any atom is 0.195 e. The SMILES string of the molecule is CC(C)(O)[C@@H]1CC[C@@H](Nc2ncnc3[nH]cc(C(=O)c4ccc(Oc5ccccc5)cc4)c23)CO1. The molecule has 4 aromatic rings. The zero-order valence-electron chi connectivity index (χ0n) is 19.7. The van der Waals surface area contributed by atoms with Gasteiger partial charge < -0.3 is 24.9 Å². The first-order chi connectivity index (χ1) is 16.9. The lowest BCUT2D eigenvalue weighted by Gasteiger charge is -2.36. The second-order valence-electron chi connectivity index (χ2n) is 9.31. The van der Waals surface area contributed by atoms with Gasteiger partial charge in [-0.2, -0.15) is 0 Å². The van der Waals surface area contributed by atoms with Gasteiger partial charge in [0.1, 0.15) is 29.3 Å². The number of para-hydroxylation sites is 1. The fraction of sp³-hybridized carbons (Fsp3) is 0.296. The third kappa shape index (κ3) is 5.03. The number of aliphatic hydroxyl groups is 1. The van der Waals surface area contributed by atoms with Crippen LogP contribution in [0.3, 0.4) is 0 Å². The van der Waals surface area contributed by atoms with Crippen molar-refractivity contribution in [3.63, 3.8) is 0 Å². The van der Waals surface area contributed by atoms with Gasteiger partial charge in [-0.05, 0) is 63.1 Å². The molecule has 8 heteroatoms. The van der Waals surface area contributed by atoms with Crippen molar-refractivity contribution < 1.29 is 19.4 Å². The molecule has 2 atom stereocenters. The van der Waals surface area contributed by atoms with Crippen LogP contribution in [0.4, 0.5) is 5.82 Å². The average molecular weight is 473 g/mol. The highest BCUT2D eigenvalue weighted by atomic mass is 16.5. The summed E-state index contributed by atoms with van der Waals surface area (Å²) in [4.78, 5) is 25.2. The van der Waals surface area contributed by atoms with Gasteiger partial charge in [0.25, 0.3) is 0 Å². The summed E-state index contributed by atoms with van der Waals surface area (Å²) in [6.45, 7) is 3.96. The van der Waals surface area contributed by atoms with E-state index in [0.29, 0.717) is 40.3 Å². The average Bonchev–Trinajstić information content (AvgIpc) is 3.30. The minimum Gasteiger partial charge on any atom is -0.457 e. The van der Waals surface area contributed by atoms with Gasteiger partial charge in [-0.3, -0.25) is 4.79 Å². The van der Waals surface area contributed by atoms with Crippen LogP contribution in [0.5, 0.6) is 11.5 Å². The third-order valence-electron chi connectivity index (χ3n) is 6.21. The molecule has 5 rings (SSSR count). The van der Waals surface area contributed by atoms with Gasteiger partial charge in [0.2, 0.25) is 0 Å². The predicted molar refractivity (Wildman–Crippen MR) is 133 cm³/mol. The minimum absolute atomic E-state index is 0.0129. The van der Waals surface area contributed by atoms with Gasteiger partial charge in [-0.25, -0.2) is 9.97 Å². The molecule has 0 bridgehead atoms. The Hall–Kier alpha value is -3.75. The van der Waals surface area contributed by atoms with E-state index in [4.69, 9.17) is 9.47 Å². The maximum atomic E-state index is 13.4. The molecule has 0 aliphatic carbocycles. The first-order valence-corrected chi connectivity index (χ1v) is 11.7. The second kappa shape index (κ2) is 9.48. The van der Waals surface area contributed by atoms with Gasteiger partial charge in [-0.15, -0.1) is 0 Å². The van der Waals surface area contributed by atoms with Crippen molar-refractivity contribution in [3.05, 3.63) is 78.2 Å². The molecule has 0 unspecified atom stereocenters. The number of nitrogens with one attached hydrogen (secondary N) is 2. The van der Waals surface area contributed by atoms with Crippen LogP contribution in [0.2, 0.25) is 0 Å². The highest BCUT2D eigenvalue weighted by Crippen LogP contribution is 2.30. The predicted octanol–water partition coefficient (Wildman–Crippen LogP) is 4.71. The number of aromatic nitrogens is 3. The summed E-state index contributed by atoms with van der Waals surface area (Å²) < 4.78 is 11.7. The number of rotatable bonds is 7. The summed E-state index contributed by atoms with van der Waals surface area (Å²) in [6.07, 6.45) is 4.48. The van der Waals surface area contributed by atoms with Crippen molar-refractivity contribution in [1.29, 1.82) is 0 Å². The number of nitrogens with zero attached hydrogens (tertiary/aromatic N) is 2. The standard InChI is InChI=1S/C27H28N4O4/c1-27(2,33)22-13-10-18(15-34-22)31-26-23-21(14-28-25(23)29-16-30-26)24(32)17-8-11-20(12-9-17)35-19-6-4-3-5-7-19/h3-9,11-12,14,16,18,22,33H,10,13,15H2,1-2H3,(H2,28,29,30,31)/t18-,22+/m1/s1. The van der Waals surface area contributed by atoms with Crippen LogP contribution in [0, 0.1) is 0 Å².